The molecule has 0 aromatic carbocycles. The van der Waals surface area contributed by atoms with E-state index in [4.69, 9.17) is 4.74 Å². The van der Waals surface area contributed by atoms with Gasteiger partial charge in [0.25, 0.3) is 5.91 Å². The van der Waals surface area contributed by atoms with Crippen LogP contribution in [0.3, 0.4) is 0 Å². The van der Waals surface area contributed by atoms with Gasteiger partial charge in [-0.3, -0.25) is 4.79 Å². The number of likely N-dealkylation sites (tertiary alicyclic amines) is 1. The van der Waals surface area contributed by atoms with E-state index in [0.29, 0.717) is 25.0 Å². The summed E-state index contributed by atoms with van der Waals surface area (Å²) in [4.78, 5) is 36.0. The molecule has 2 saturated heterocycles. The zero-order chi connectivity index (χ0) is 20.8. The molecular weight excluding hydrogens is 402 g/mol. The second kappa shape index (κ2) is 7.59. The van der Waals surface area contributed by atoms with Gasteiger partial charge in [-0.15, -0.1) is 11.3 Å². The predicted octanol–water partition coefficient (Wildman–Crippen LogP) is 1.75. The number of hydrogen-bond donors (Lipinski definition) is 0. The predicted molar refractivity (Wildman–Crippen MR) is 114 cm³/mol. The molecule has 2 unspecified atom stereocenters. The summed E-state index contributed by atoms with van der Waals surface area (Å²) in [5.74, 6) is 1.91. The van der Waals surface area contributed by atoms with Crippen molar-refractivity contribution in [2.45, 2.75) is 20.4 Å². The average Bonchev–Trinajstić information content (AvgIpc) is 3.47. The number of hydrogen-bond acceptors (Lipinski definition) is 8. The van der Waals surface area contributed by atoms with Crippen LogP contribution in [0.1, 0.15) is 20.4 Å². The van der Waals surface area contributed by atoms with Gasteiger partial charge in [0, 0.05) is 51.7 Å². The van der Waals surface area contributed by atoms with Crippen LogP contribution < -0.4 is 4.90 Å². The maximum absolute atomic E-state index is 13.0. The summed E-state index contributed by atoms with van der Waals surface area (Å²) in [7, 11) is 1.69. The number of rotatable bonds is 5. The molecule has 0 spiro atoms. The Hall–Kier alpha value is -2.59. The minimum atomic E-state index is 0.125. The van der Waals surface area contributed by atoms with Gasteiger partial charge >= 0.3 is 0 Å². The Bertz CT molecular complexity index is 1080. The van der Waals surface area contributed by atoms with Gasteiger partial charge in [0.2, 0.25) is 0 Å². The van der Waals surface area contributed by atoms with E-state index >= 15 is 0 Å². The van der Waals surface area contributed by atoms with Crippen molar-refractivity contribution < 1.29 is 9.53 Å². The molecule has 3 aromatic heterocycles. The lowest BCUT2D eigenvalue weighted by Crippen LogP contribution is -2.33. The van der Waals surface area contributed by atoms with Crippen molar-refractivity contribution >= 4 is 34.2 Å². The van der Waals surface area contributed by atoms with Gasteiger partial charge in [-0.25, -0.2) is 19.9 Å². The van der Waals surface area contributed by atoms with Gasteiger partial charge in [-0.05, 0) is 13.8 Å². The number of aryl methyl sites for hydroxylation is 2. The second-order valence-electron chi connectivity index (χ2n) is 8.08. The third kappa shape index (κ3) is 3.24. The summed E-state index contributed by atoms with van der Waals surface area (Å²) in [6.45, 7) is 8.52. The average molecular weight is 428 g/mol. The second-order valence-corrected chi connectivity index (χ2v) is 9.29. The molecule has 0 N–H and O–H groups in total. The molecule has 2 aliphatic heterocycles. The van der Waals surface area contributed by atoms with Crippen molar-refractivity contribution in [3.8, 4) is 0 Å². The fourth-order valence-electron chi connectivity index (χ4n) is 4.66. The molecular formula is C20H25N7O2S. The Labute approximate surface area is 178 Å². The van der Waals surface area contributed by atoms with Crippen LogP contribution >= 0.6 is 11.3 Å². The van der Waals surface area contributed by atoms with Crippen LogP contribution in [0.5, 0.6) is 0 Å². The highest BCUT2D eigenvalue weighted by Crippen LogP contribution is 2.36. The van der Waals surface area contributed by atoms with Crippen molar-refractivity contribution in [2.24, 2.45) is 11.8 Å². The zero-order valence-electron chi connectivity index (χ0n) is 17.4. The Morgan fingerprint density at radius 3 is 2.60 bits per heavy atom. The first-order chi connectivity index (χ1) is 14.5. The van der Waals surface area contributed by atoms with E-state index in [9.17, 15) is 4.79 Å². The number of nitrogens with zero attached hydrogens (tertiary/aromatic N) is 7. The third-order valence-corrected chi connectivity index (χ3v) is 7.15. The maximum Gasteiger partial charge on any atom is 0.265 e. The Balaban J connectivity index is 1.31. The normalized spacial score (nSPS) is 21.0. The Morgan fingerprint density at radius 2 is 1.93 bits per heavy atom. The van der Waals surface area contributed by atoms with Gasteiger partial charge < -0.3 is 19.1 Å². The van der Waals surface area contributed by atoms with Crippen LogP contribution in [0, 0.1) is 25.7 Å². The Morgan fingerprint density at radius 1 is 1.17 bits per heavy atom. The number of fused-ring (bicyclic) bond motifs is 2. The van der Waals surface area contributed by atoms with E-state index in [0.717, 1.165) is 58.7 Å². The maximum atomic E-state index is 13.0. The molecule has 9 nitrogen and oxygen atoms in total. The number of imidazole rings is 1. The minimum absolute atomic E-state index is 0.125. The molecule has 30 heavy (non-hydrogen) atoms. The van der Waals surface area contributed by atoms with E-state index in [1.165, 1.54) is 11.3 Å². The molecule has 5 heterocycles. The van der Waals surface area contributed by atoms with Crippen LogP contribution in [-0.2, 0) is 11.3 Å². The quantitative estimate of drug-likeness (QED) is 0.613. The first-order valence-electron chi connectivity index (χ1n) is 10.2. The van der Waals surface area contributed by atoms with Crippen molar-refractivity contribution in [1.82, 2.24) is 29.4 Å². The molecule has 2 atom stereocenters. The molecule has 10 heteroatoms. The number of amides is 1. The van der Waals surface area contributed by atoms with Gasteiger partial charge in [-0.1, -0.05) is 0 Å². The number of ether oxygens (including phenoxy) is 1. The molecule has 3 aromatic rings. The van der Waals surface area contributed by atoms with Crippen molar-refractivity contribution in [2.75, 3.05) is 44.8 Å². The number of aromatic nitrogens is 5. The van der Waals surface area contributed by atoms with Crippen LogP contribution in [0.4, 0.5) is 5.82 Å². The molecule has 2 fully saturated rings. The largest absolute Gasteiger partial charge is 0.383 e. The van der Waals surface area contributed by atoms with E-state index in [1.807, 2.05) is 23.3 Å². The minimum Gasteiger partial charge on any atom is -0.383 e. The smallest absolute Gasteiger partial charge is 0.265 e. The van der Waals surface area contributed by atoms with Gasteiger partial charge in [0.15, 0.2) is 17.0 Å². The van der Waals surface area contributed by atoms with E-state index in [-0.39, 0.29) is 5.91 Å². The molecule has 2 aliphatic rings. The number of thiazole rings is 1. The first-order valence-corrected chi connectivity index (χ1v) is 11.0. The van der Waals surface area contributed by atoms with Crippen LogP contribution in [0.15, 0.2) is 12.7 Å². The lowest BCUT2D eigenvalue weighted by molar-refractivity contribution is 0.0786. The third-order valence-electron chi connectivity index (χ3n) is 6.09. The van der Waals surface area contributed by atoms with Crippen LogP contribution in [-0.4, -0.2) is 75.2 Å². The summed E-state index contributed by atoms with van der Waals surface area (Å²) in [6, 6.07) is 0. The molecule has 0 bridgehead atoms. The highest BCUT2D eigenvalue weighted by Gasteiger charge is 2.43. The van der Waals surface area contributed by atoms with Crippen LogP contribution in [0.25, 0.3) is 11.2 Å². The van der Waals surface area contributed by atoms with E-state index < -0.39 is 0 Å². The zero-order valence-corrected chi connectivity index (χ0v) is 18.2. The fraction of sp³-hybridized carbons (Fsp3) is 0.550. The van der Waals surface area contributed by atoms with Crippen LogP contribution in [0.2, 0.25) is 0 Å². The molecule has 1 amide bonds. The number of methoxy groups -OCH3 is 1. The van der Waals surface area contributed by atoms with E-state index in [1.54, 1.807) is 19.8 Å². The van der Waals surface area contributed by atoms with Gasteiger partial charge in [0.1, 0.15) is 11.2 Å². The first kappa shape index (κ1) is 19.4. The molecule has 0 aliphatic carbocycles. The molecule has 0 radical (unpaired) electrons. The topological polar surface area (TPSA) is 89.3 Å². The summed E-state index contributed by atoms with van der Waals surface area (Å²) in [5.41, 5.74) is 2.51. The van der Waals surface area contributed by atoms with Crippen molar-refractivity contribution in [3.63, 3.8) is 0 Å². The van der Waals surface area contributed by atoms with Crippen molar-refractivity contribution in [1.29, 1.82) is 0 Å². The van der Waals surface area contributed by atoms with Gasteiger partial charge in [0.05, 0.1) is 23.6 Å². The van der Waals surface area contributed by atoms with Gasteiger partial charge in [-0.2, -0.15) is 0 Å². The monoisotopic (exact) mass is 427 g/mol. The highest BCUT2D eigenvalue weighted by atomic mass is 32.1. The molecule has 158 valence electrons. The van der Waals surface area contributed by atoms with E-state index in [2.05, 4.69) is 24.8 Å². The van der Waals surface area contributed by atoms with Crippen molar-refractivity contribution in [3.05, 3.63) is 28.2 Å². The highest BCUT2D eigenvalue weighted by molar-refractivity contribution is 7.13. The molecule has 0 saturated carbocycles. The summed E-state index contributed by atoms with van der Waals surface area (Å²) < 4.78 is 7.18. The summed E-state index contributed by atoms with van der Waals surface area (Å²) in [5, 5.41) is 0.944. The summed E-state index contributed by atoms with van der Waals surface area (Å²) >= 11 is 1.49. The lowest BCUT2D eigenvalue weighted by atomic mass is 10.0. The number of carbonyl (C=O) groups is 1. The fourth-order valence-corrected chi connectivity index (χ4v) is 5.55. The standard InChI is InChI=1S/C20H25N7O2S/c1-12-17(30-13(2)24-12)20(28)27-8-14-6-26(7-15(14)9-27)19-16-18(21-10-22-19)25(11-23-16)4-5-29-3/h10-11,14-15H,4-9H2,1-3H3. The lowest BCUT2D eigenvalue weighted by Gasteiger charge is -2.22. The molecule has 5 rings (SSSR count). The number of carbonyl (C=O) groups excluding carboxylic acids is 1. The SMILES string of the molecule is COCCn1cnc2c(N3CC4CN(C(=O)c5sc(C)nc5C)CC4C3)ncnc21. The Kier molecular flexibility index (Phi) is 4.90. The summed E-state index contributed by atoms with van der Waals surface area (Å²) in [6.07, 6.45) is 3.42. The number of anilines is 1.